The molecule has 0 aliphatic carbocycles. The molecule has 1 aliphatic rings. The van der Waals surface area contributed by atoms with Crippen LogP contribution in [0, 0.1) is 6.92 Å². The van der Waals surface area contributed by atoms with Gasteiger partial charge in [0, 0.05) is 6.61 Å². The molecule has 0 amide bonds. The first-order chi connectivity index (χ1) is 11.6. The van der Waals surface area contributed by atoms with Crippen LogP contribution in [0.4, 0.5) is 0 Å². The molecule has 1 saturated heterocycles. The number of carboxylic acids is 1. The molecule has 2 aromatic heterocycles. The zero-order chi connectivity index (χ0) is 17.1. The van der Waals surface area contributed by atoms with E-state index >= 15 is 0 Å². The van der Waals surface area contributed by atoms with Crippen molar-refractivity contribution in [2.24, 2.45) is 0 Å². The molecule has 0 spiro atoms. The Morgan fingerprint density at radius 2 is 2.17 bits per heavy atom. The van der Waals surface area contributed by atoms with Gasteiger partial charge < -0.3 is 14.4 Å². The van der Waals surface area contributed by atoms with Crippen molar-refractivity contribution in [1.29, 1.82) is 0 Å². The van der Waals surface area contributed by atoms with E-state index in [2.05, 4.69) is 16.9 Å². The topological polar surface area (TPSA) is 77.2 Å². The Bertz CT molecular complexity index is 735. The third-order valence-corrected chi connectivity index (χ3v) is 4.67. The first-order valence-electron chi connectivity index (χ1n) is 8.81. The van der Waals surface area contributed by atoms with Gasteiger partial charge in [-0.15, -0.1) is 0 Å². The van der Waals surface area contributed by atoms with E-state index in [4.69, 9.17) is 4.74 Å². The van der Waals surface area contributed by atoms with E-state index in [0.29, 0.717) is 12.2 Å². The molecule has 1 fully saturated rings. The van der Waals surface area contributed by atoms with Crippen LogP contribution in [-0.2, 0) is 17.7 Å². The van der Waals surface area contributed by atoms with Gasteiger partial charge in [0.15, 0.2) is 11.3 Å². The quantitative estimate of drug-likeness (QED) is 0.751. The van der Waals surface area contributed by atoms with Crippen LogP contribution in [0.3, 0.4) is 0 Å². The lowest BCUT2D eigenvalue weighted by Crippen LogP contribution is -2.31. The van der Waals surface area contributed by atoms with Crippen molar-refractivity contribution in [3.05, 3.63) is 23.1 Å². The zero-order valence-electron chi connectivity index (χ0n) is 14.4. The Balaban J connectivity index is 1.91. The van der Waals surface area contributed by atoms with Gasteiger partial charge >= 0.3 is 5.97 Å². The highest BCUT2D eigenvalue weighted by Crippen LogP contribution is 2.23. The van der Waals surface area contributed by atoms with Crippen LogP contribution < -0.4 is 0 Å². The van der Waals surface area contributed by atoms with Crippen molar-refractivity contribution < 1.29 is 14.6 Å². The summed E-state index contributed by atoms with van der Waals surface area (Å²) in [7, 11) is 0. The van der Waals surface area contributed by atoms with Crippen molar-refractivity contribution in [2.75, 3.05) is 6.61 Å². The van der Waals surface area contributed by atoms with Crippen molar-refractivity contribution in [3.63, 3.8) is 0 Å². The van der Waals surface area contributed by atoms with Gasteiger partial charge in [-0.1, -0.05) is 26.2 Å². The number of carbonyl (C=O) groups is 1. The minimum absolute atomic E-state index is 0.162. The molecule has 0 bridgehead atoms. The average molecular weight is 331 g/mol. The van der Waals surface area contributed by atoms with Gasteiger partial charge in [-0.05, 0) is 37.8 Å². The van der Waals surface area contributed by atoms with Crippen molar-refractivity contribution >= 4 is 17.1 Å². The number of aromatic carboxylic acids is 1. The highest BCUT2D eigenvalue weighted by atomic mass is 16.5. The molecular formula is C18H25N3O3. The maximum Gasteiger partial charge on any atom is 0.354 e. The number of pyridine rings is 1. The minimum Gasteiger partial charge on any atom is -0.477 e. The number of fused-ring (bicyclic) bond motifs is 1. The summed E-state index contributed by atoms with van der Waals surface area (Å²) in [5, 5.41) is 9.55. The van der Waals surface area contributed by atoms with Crippen LogP contribution in [0.15, 0.2) is 6.07 Å². The Morgan fingerprint density at radius 3 is 2.79 bits per heavy atom. The van der Waals surface area contributed by atoms with Crippen molar-refractivity contribution in [2.45, 2.75) is 65.0 Å². The summed E-state index contributed by atoms with van der Waals surface area (Å²) >= 11 is 0. The standard InChI is InChI=1S/C18H25N3O3/c1-3-4-5-6-7-13-10-15-17(20-16(13)18(22)23)21(12(2)19-15)11-14-8-9-24-14/h10,14H,3-9,11H2,1-2H3,(H,22,23). The Labute approximate surface area is 141 Å². The van der Waals surface area contributed by atoms with E-state index in [0.717, 1.165) is 55.6 Å². The number of imidazole rings is 1. The monoisotopic (exact) mass is 331 g/mol. The van der Waals surface area contributed by atoms with Gasteiger partial charge in [0.1, 0.15) is 11.3 Å². The van der Waals surface area contributed by atoms with Crippen LogP contribution in [0.1, 0.15) is 60.9 Å². The number of hydrogen-bond acceptors (Lipinski definition) is 4. The van der Waals surface area contributed by atoms with E-state index in [9.17, 15) is 9.90 Å². The smallest absolute Gasteiger partial charge is 0.354 e. The van der Waals surface area contributed by atoms with E-state index in [-0.39, 0.29) is 11.8 Å². The Kier molecular flexibility index (Phi) is 5.14. The maximum atomic E-state index is 11.6. The fourth-order valence-corrected chi connectivity index (χ4v) is 3.17. The van der Waals surface area contributed by atoms with Gasteiger partial charge in [0.25, 0.3) is 0 Å². The number of unbranched alkanes of at least 4 members (excludes halogenated alkanes) is 3. The lowest BCUT2D eigenvalue weighted by Gasteiger charge is -2.27. The summed E-state index contributed by atoms with van der Waals surface area (Å²) < 4.78 is 7.47. The molecular weight excluding hydrogens is 306 g/mol. The predicted molar refractivity (Wildman–Crippen MR) is 91.4 cm³/mol. The summed E-state index contributed by atoms with van der Waals surface area (Å²) in [6, 6.07) is 1.91. The summed E-state index contributed by atoms with van der Waals surface area (Å²) in [4.78, 5) is 20.7. The van der Waals surface area contributed by atoms with Crippen LogP contribution in [0.25, 0.3) is 11.2 Å². The molecule has 0 saturated carbocycles. The van der Waals surface area contributed by atoms with Crippen LogP contribution >= 0.6 is 0 Å². The second kappa shape index (κ2) is 7.30. The zero-order valence-corrected chi connectivity index (χ0v) is 14.4. The Morgan fingerprint density at radius 1 is 1.38 bits per heavy atom. The number of nitrogens with zero attached hydrogens (tertiary/aromatic N) is 3. The molecule has 1 aliphatic heterocycles. The normalized spacial score (nSPS) is 17.2. The van der Waals surface area contributed by atoms with Gasteiger partial charge in [-0.2, -0.15) is 0 Å². The lowest BCUT2D eigenvalue weighted by atomic mass is 10.0. The maximum absolute atomic E-state index is 11.6. The largest absolute Gasteiger partial charge is 0.477 e. The van der Waals surface area contributed by atoms with Crippen LogP contribution in [0.5, 0.6) is 0 Å². The van der Waals surface area contributed by atoms with E-state index in [1.54, 1.807) is 0 Å². The number of aryl methyl sites for hydroxylation is 2. The Hall–Kier alpha value is -1.95. The van der Waals surface area contributed by atoms with Crippen LogP contribution in [0.2, 0.25) is 0 Å². The van der Waals surface area contributed by atoms with E-state index in [1.807, 2.05) is 17.6 Å². The summed E-state index contributed by atoms with van der Waals surface area (Å²) in [6.07, 6.45) is 6.38. The summed E-state index contributed by atoms with van der Waals surface area (Å²) in [5.74, 6) is -0.111. The van der Waals surface area contributed by atoms with Crippen molar-refractivity contribution in [1.82, 2.24) is 14.5 Å². The molecule has 1 N–H and O–H groups in total. The van der Waals surface area contributed by atoms with E-state index < -0.39 is 5.97 Å². The molecule has 0 radical (unpaired) electrons. The molecule has 3 heterocycles. The highest BCUT2D eigenvalue weighted by molar-refractivity contribution is 5.90. The first kappa shape index (κ1) is 16.9. The van der Waals surface area contributed by atoms with Crippen molar-refractivity contribution in [3.8, 4) is 0 Å². The second-order valence-corrected chi connectivity index (χ2v) is 6.51. The molecule has 1 unspecified atom stereocenters. The summed E-state index contributed by atoms with van der Waals surface area (Å²) in [5.41, 5.74) is 2.38. The number of hydrogen-bond donors (Lipinski definition) is 1. The molecule has 24 heavy (non-hydrogen) atoms. The molecule has 6 heteroatoms. The number of carboxylic acid groups (broad SMARTS) is 1. The highest BCUT2D eigenvalue weighted by Gasteiger charge is 2.23. The molecule has 0 aromatic carbocycles. The fourth-order valence-electron chi connectivity index (χ4n) is 3.17. The minimum atomic E-state index is -0.965. The number of ether oxygens (including phenoxy) is 1. The van der Waals surface area contributed by atoms with E-state index in [1.165, 1.54) is 6.42 Å². The first-order valence-corrected chi connectivity index (χ1v) is 8.81. The molecule has 1 atom stereocenters. The summed E-state index contributed by atoms with van der Waals surface area (Å²) in [6.45, 7) is 5.58. The van der Waals surface area contributed by atoms with Gasteiger partial charge in [0.05, 0.1) is 12.6 Å². The second-order valence-electron chi connectivity index (χ2n) is 6.51. The number of rotatable bonds is 8. The van der Waals surface area contributed by atoms with Gasteiger partial charge in [-0.3, -0.25) is 0 Å². The average Bonchev–Trinajstić information content (AvgIpc) is 2.81. The molecule has 3 rings (SSSR count). The van der Waals surface area contributed by atoms with Gasteiger partial charge in [0.2, 0.25) is 0 Å². The molecule has 2 aromatic rings. The fraction of sp³-hybridized carbons (Fsp3) is 0.611. The number of aromatic nitrogens is 3. The molecule has 130 valence electrons. The third kappa shape index (κ3) is 3.43. The predicted octanol–water partition coefficient (Wildman–Crippen LogP) is 3.35. The third-order valence-electron chi connectivity index (χ3n) is 4.67. The van der Waals surface area contributed by atoms with Gasteiger partial charge in [-0.25, -0.2) is 14.8 Å². The SMILES string of the molecule is CCCCCCc1cc2nc(C)n(CC3CCO3)c2nc1C(=O)O. The van der Waals surface area contributed by atoms with Crippen LogP contribution in [-0.4, -0.2) is 38.3 Å². The lowest BCUT2D eigenvalue weighted by molar-refractivity contribution is -0.0589. The molecule has 6 nitrogen and oxygen atoms in total.